The molecule has 1 heterocycles. The van der Waals surface area contributed by atoms with E-state index in [0.29, 0.717) is 0 Å². The molecule has 0 aromatic heterocycles. The van der Waals surface area contributed by atoms with E-state index in [4.69, 9.17) is 28.4 Å². The summed E-state index contributed by atoms with van der Waals surface area (Å²) in [5.41, 5.74) is -0.765. The van der Waals surface area contributed by atoms with E-state index in [1.165, 1.54) is 0 Å². The van der Waals surface area contributed by atoms with E-state index in [-0.39, 0.29) is 0 Å². The molecule has 154 valence electrons. The number of hydrogen-bond donors (Lipinski definition) is 0. The zero-order valence-corrected chi connectivity index (χ0v) is 16.5. The molecule has 0 spiro atoms. The second kappa shape index (κ2) is 9.14. The molecule has 10 nitrogen and oxygen atoms in total. The summed E-state index contributed by atoms with van der Waals surface area (Å²) in [5.74, 6) is -3.08. The highest BCUT2D eigenvalue weighted by Crippen LogP contribution is 2.32. The van der Waals surface area contributed by atoms with Crippen LogP contribution >= 0.6 is 0 Å². The summed E-state index contributed by atoms with van der Waals surface area (Å²) in [6.07, 6.45) is -6.77. The molecule has 1 rings (SSSR count). The zero-order valence-electron chi connectivity index (χ0n) is 16.5. The van der Waals surface area contributed by atoms with E-state index >= 15 is 0 Å². The molecule has 1 saturated heterocycles. The molecule has 0 N–H and O–H groups in total. The Hall–Kier alpha value is -2.20. The number of ether oxygens (including phenoxy) is 6. The average Bonchev–Trinajstić information content (AvgIpc) is 2.49. The largest absolute Gasteiger partial charge is 0.467 e. The Morgan fingerprint density at radius 1 is 0.778 bits per heavy atom. The lowest BCUT2D eigenvalue weighted by Gasteiger charge is -2.44. The van der Waals surface area contributed by atoms with Crippen molar-refractivity contribution < 1.29 is 47.6 Å². The quantitative estimate of drug-likeness (QED) is 0.484. The summed E-state index contributed by atoms with van der Waals surface area (Å²) in [6.45, 7) is 8.52. The van der Waals surface area contributed by atoms with Gasteiger partial charge in [0.15, 0.2) is 30.7 Å². The molecule has 0 saturated carbocycles. The van der Waals surface area contributed by atoms with Crippen molar-refractivity contribution in [2.24, 2.45) is 0 Å². The van der Waals surface area contributed by atoms with Crippen molar-refractivity contribution in [1.29, 1.82) is 0 Å². The number of carbonyl (C=O) groups is 4. The Morgan fingerprint density at radius 2 is 1.22 bits per heavy atom. The predicted octanol–water partition coefficient (Wildman–Crippen LogP) is 0.494. The number of hydrogen-bond acceptors (Lipinski definition) is 10. The summed E-state index contributed by atoms with van der Waals surface area (Å²) in [4.78, 5) is 46.9. The Labute approximate surface area is 157 Å². The fourth-order valence-corrected chi connectivity index (χ4v) is 2.52. The van der Waals surface area contributed by atoms with Gasteiger partial charge in [0.25, 0.3) is 0 Å². The first kappa shape index (κ1) is 22.8. The number of methoxy groups -OCH3 is 1. The van der Waals surface area contributed by atoms with Crippen molar-refractivity contribution in [3.8, 4) is 0 Å². The van der Waals surface area contributed by atoms with E-state index < -0.39 is 60.2 Å². The predicted molar refractivity (Wildman–Crippen MR) is 88.2 cm³/mol. The summed E-state index contributed by atoms with van der Waals surface area (Å²) < 4.78 is 31.6. The molecule has 10 heteroatoms. The van der Waals surface area contributed by atoms with Crippen molar-refractivity contribution in [3.05, 3.63) is 0 Å². The molecule has 0 aromatic carbocycles. The normalized spacial score (nSPS) is 28.0. The Balaban J connectivity index is 3.40. The third-order valence-electron chi connectivity index (χ3n) is 3.30. The van der Waals surface area contributed by atoms with Gasteiger partial charge < -0.3 is 28.4 Å². The Kier molecular flexibility index (Phi) is 7.73. The van der Waals surface area contributed by atoms with E-state index in [9.17, 15) is 19.2 Å². The molecular formula is C17H26O10. The van der Waals surface area contributed by atoms with Crippen LogP contribution in [0.3, 0.4) is 0 Å². The summed E-state index contributed by atoms with van der Waals surface area (Å²) in [6, 6.07) is 0. The molecule has 1 aliphatic heterocycles. The van der Waals surface area contributed by atoms with Crippen LogP contribution in [-0.2, 0) is 47.6 Å². The van der Waals surface area contributed by atoms with Crippen molar-refractivity contribution in [1.82, 2.24) is 0 Å². The average molecular weight is 390 g/mol. The molecular weight excluding hydrogens is 364 g/mol. The van der Waals surface area contributed by atoms with Gasteiger partial charge in [-0.2, -0.15) is 0 Å². The van der Waals surface area contributed by atoms with Crippen molar-refractivity contribution in [2.75, 3.05) is 7.11 Å². The molecule has 27 heavy (non-hydrogen) atoms. The molecule has 0 bridgehead atoms. The van der Waals surface area contributed by atoms with Gasteiger partial charge in [-0.05, 0) is 20.8 Å². The summed E-state index contributed by atoms with van der Waals surface area (Å²) in [5, 5.41) is 0. The number of esters is 4. The van der Waals surface area contributed by atoms with Gasteiger partial charge >= 0.3 is 23.9 Å². The van der Waals surface area contributed by atoms with E-state index in [0.717, 1.165) is 27.9 Å². The van der Waals surface area contributed by atoms with Crippen LogP contribution < -0.4 is 0 Å². The van der Waals surface area contributed by atoms with E-state index in [1.54, 1.807) is 20.8 Å². The second-order valence-corrected chi connectivity index (χ2v) is 6.90. The minimum absolute atomic E-state index is 0.707. The first-order valence-electron chi connectivity index (χ1n) is 8.28. The second-order valence-electron chi connectivity index (χ2n) is 6.90. The third kappa shape index (κ3) is 6.79. The van der Waals surface area contributed by atoms with E-state index in [1.807, 2.05) is 0 Å². The van der Waals surface area contributed by atoms with Crippen LogP contribution in [0.5, 0.6) is 0 Å². The smallest absolute Gasteiger partial charge is 0.339 e. The lowest BCUT2D eigenvalue weighted by Crippen LogP contribution is -2.64. The maximum Gasteiger partial charge on any atom is 0.339 e. The van der Waals surface area contributed by atoms with Gasteiger partial charge in [0.05, 0.1) is 12.7 Å². The maximum absolute atomic E-state index is 12.2. The number of carbonyl (C=O) groups excluding carboxylic acids is 4. The fourth-order valence-electron chi connectivity index (χ4n) is 2.52. The SMILES string of the molecule is COC(=O)C1O[C@@H](OC(C)(C)C)C(OC(C)=O)C(OC(C)=O)[C@@H]1OC(C)=O. The van der Waals surface area contributed by atoms with Crippen LogP contribution in [0.1, 0.15) is 41.5 Å². The fraction of sp³-hybridized carbons (Fsp3) is 0.765. The summed E-state index contributed by atoms with van der Waals surface area (Å²) in [7, 11) is 1.12. The van der Waals surface area contributed by atoms with Gasteiger partial charge in [-0.1, -0.05) is 0 Å². The van der Waals surface area contributed by atoms with Gasteiger partial charge in [-0.3, -0.25) is 14.4 Å². The molecule has 1 aliphatic rings. The van der Waals surface area contributed by atoms with Crippen LogP contribution in [0, 0.1) is 0 Å². The molecule has 5 atom stereocenters. The molecule has 0 aromatic rings. The van der Waals surface area contributed by atoms with Crippen molar-refractivity contribution in [3.63, 3.8) is 0 Å². The Morgan fingerprint density at radius 3 is 1.63 bits per heavy atom. The zero-order chi connectivity index (χ0) is 20.9. The monoisotopic (exact) mass is 390 g/mol. The van der Waals surface area contributed by atoms with Crippen LogP contribution in [0.25, 0.3) is 0 Å². The van der Waals surface area contributed by atoms with Crippen LogP contribution in [0.2, 0.25) is 0 Å². The van der Waals surface area contributed by atoms with Crippen LogP contribution in [0.15, 0.2) is 0 Å². The highest BCUT2D eigenvalue weighted by Gasteiger charge is 2.55. The van der Waals surface area contributed by atoms with Gasteiger partial charge in [0, 0.05) is 20.8 Å². The standard InChI is InChI=1S/C17H26O10/c1-8(18)23-11-12(24-9(2)19)14(25-10(3)20)16(27-17(4,5)6)26-13(11)15(21)22-7/h11-14,16H,1-7H3/t11-,12?,13?,14?,16-/m0/s1. The highest BCUT2D eigenvalue weighted by atomic mass is 16.7. The molecule has 3 unspecified atom stereocenters. The molecule has 0 amide bonds. The van der Waals surface area contributed by atoms with Crippen LogP contribution in [0.4, 0.5) is 0 Å². The molecule has 1 fully saturated rings. The lowest BCUT2D eigenvalue weighted by molar-refractivity contribution is -0.319. The summed E-state index contributed by atoms with van der Waals surface area (Å²) >= 11 is 0. The molecule has 0 aliphatic carbocycles. The van der Waals surface area contributed by atoms with Gasteiger partial charge in [-0.25, -0.2) is 4.79 Å². The van der Waals surface area contributed by atoms with Gasteiger partial charge in [-0.15, -0.1) is 0 Å². The minimum Gasteiger partial charge on any atom is -0.467 e. The topological polar surface area (TPSA) is 124 Å². The van der Waals surface area contributed by atoms with Crippen LogP contribution in [-0.4, -0.2) is 67.3 Å². The highest BCUT2D eigenvalue weighted by molar-refractivity contribution is 5.77. The first-order valence-corrected chi connectivity index (χ1v) is 8.28. The third-order valence-corrected chi connectivity index (χ3v) is 3.30. The van der Waals surface area contributed by atoms with Crippen molar-refractivity contribution in [2.45, 2.75) is 77.8 Å². The lowest BCUT2D eigenvalue weighted by atomic mass is 9.97. The van der Waals surface area contributed by atoms with Gasteiger partial charge in [0.1, 0.15) is 0 Å². The first-order chi connectivity index (χ1) is 12.4. The van der Waals surface area contributed by atoms with Crippen molar-refractivity contribution >= 4 is 23.9 Å². The maximum atomic E-state index is 12.2. The Bertz CT molecular complexity index is 579. The number of rotatable bonds is 5. The van der Waals surface area contributed by atoms with E-state index in [2.05, 4.69) is 0 Å². The van der Waals surface area contributed by atoms with Gasteiger partial charge in [0.2, 0.25) is 0 Å². The minimum atomic E-state index is -1.46. The molecule has 0 radical (unpaired) electrons.